The number of hydrogen-bond acceptors (Lipinski definition) is 1. The lowest BCUT2D eigenvalue weighted by Gasteiger charge is -2.26. The molecule has 0 saturated heterocycles. The quantitative estimate of drug-likeness (QED) is 0.694. The van der Waals surface area contributed by atoms with Gasteiger partial charge < -0.3 is 5.32 Å². The monoisotopic (exact) mass is 181 g/mol. The summed E-state index contributed by atoms with van der Waals surface area (Å²) in [5.74, 6) is 1.56. The van der Waals surface area contributed by atoms with Gasteiger partial charge in [-0.2, -0.15) is 0 Å². The molecule has 2 aliphatic carbocycles. The maximum Gasteiger partial charge on any atom is 0.223 e. The molecule has 0 spiro atoms. The van der Waals surface area contributed by atoms with Crippen LogP contribution in [0.2, 0.25) is 0 Å². The average molecular weight is 181 g/mol. The molecule has 0 aromatic carbocycles. The summed E-state index contributed by atoms with van der Waals surface area (Å²) in [5, 5.41) is 3.16. The lowest BCUT2D eigenvalue weighted by atomic mass is 9.87. The Morgan fingerprint density at radius 1 is 1.08 bits per heavy atom. The van der Waals surface area contributed by atoms with Gasteiger partial charge in [0.05, 0.1) is 0 Å². The van der Waals surface area contributed by atoms with E-state index in [1.165, 1.54) is 25.7 Å². The molecule has 2 aliphatic rings. The van der Waals surface area contributed by atoms with Crippen molar-refractivity contribution in [2.45, 2.75) is 51.5 Å². The fraction of sp³-hybridized carbons (Fsp3) is 0.909. The first kappa shape index (κ1) is 9.04. The van der Waals surface area contributed by atoms with Crippen LogP contribution in [-0.2, 0) is 4.79 Å². The Hall–Kier alpha value is -0.530. The standard InChI is InChI=1S/C11H19NO/c1-8-2-6-10(7-3-8)12-11(13)9-4-5-9/h8-10H,2-7H2,1H3,(H,12,13)/t8-,10-. The highest BCUT2D eigenvalue weighted by molar-refractivity contribution is 5.81. The van der Waals surface area contributed by atoms with Crippen LogP contribution in [0.3, 0.4) is 0 Å². The van der Waals surface area contributed by atoms with Gasteiger partial charge in [0.25, 0.3) is 0 Å². The topological polar surface area (TPSA) is 29.1 Å². The van der Waals surface area contributed by atoms with Gasteiger partial charge in [-0.15, -0.1) is 0 Å². The van der Waals surface area contributed by atoms with Gasteiger partial charge in [0, 0.05) is 12.0 Å². The van der Waals surface area contributed by atoms with E-state index < -0.39 is 0 Å². The summed E-state index contributed by atoms with van der Waals surface area (Å²) in [5.41, 5.74) is 0. The lowest BCUT2D eigenvalue weighted by molar-refractivity contribution is -0.123. The summed E-state index contributed by atoms with van der Waals surface area (Å²) in [6.45, 7) is 2.30. The summed E-state index contributed by atoms with van der Waals surface area (Å²) >= 11 is 0. The molecule has 0 radical (unpaired) electrons. The molecule has 0 aromatic heterocycles. The van der Waals surface area contributed by atoms with E-state index in [0.29, 0.717) is 17.9 Å². The van der Waals surface area contributed by atoms with Gasteiger partial charge in [-0.1, -0.05) is 6.92 Å². The zero-order valence-electron chi connectivity index (χ0n) is 8.38. The van der Waals surface area contributed by atoms with Crippen LogP contribution in [0.4, 0.5) is 0 Å². The number of rotatable bonds is 2. The van der Waals surface area contributed by atoms with E-state index in [9.17, 15) is 4.79 Å². The molecule has 2 fully saturated rings. The van der Waals surface area contributed by atoms with Crippen molar-refractivity contribution in [2.75, 3.05) is 0 Å². The van der Waals surface area contributed by atoms with Crippen molar-refractivity contribution < 1.29 is 4.79 Å². The molecule has 1 N–H and O–H groups in total. The number of nitrogens with one attached hydrogen (secondary N) is 1. The van der Waals surface area contributed by atoms with Gasteiger partial charge in [0.15, 0.2) is 0 Å². The average Bonchev–Trinajstić information content (AvgIpc) is 2.91. The third-order valence-electron chi connectivity index (χ3n) is 3.31. The minimum atomic E-state index is 0.319. The highest BCUT2D eigenvalue weighted by Gasteiger charge is 2.31. The van der Waals surface area contributed by atoms with Crippen LogP contribution in [0.1, 0.15) is 45.4 Å². The second-order valence-electron chi connectivity index (χ2n) is 4.74. The largest absolute Gasteiger partial charge is 0.353 e. The van der Waals surface area contributed by atoms with Crippen LogP contribution in [0.15, 0.2) is 0 Å². The molecule has 2 nitrogen and oxygen atoms in total. The Bertz CT molecular complexity index is 190. The lowest BCUT2D eigenvalue weighted by Crippen LogP contribution is -2.38. The summed E-state index contributed by atoms with van der Waals surface area (Å²) in [4.78, 5) is 11.4. The molecule has 0 atom stereocenters. The van der Waals surface area contributed by atoms with E-state index in [1.54, 1.807) is 0 Å². The van der Waals surface area contributed by atoms with Gasteiger partial charge in [-0.25, -0.2) is 0 Å². The molecule has 0 unspecified atom stereocenters. The predicted molar refractivity (Wildman–Crippen MR) is 52.3 cm³/mol. The fourth-order valence-corrected chi connectivity index (χ4v) is 2.07. The van der Waals surface area contributed by atoms with Crippen molar-refractivity contribution in [1.29, 1.82) is 0 Å². The van der Waals surface area contributed by atoms with Crippen LogP contribution in [0, 0.1) is 11.8 Å². The number of carbonyl (C=O) groups is 1. The van der Waals surface area contributed by atoms with Crippen LogP contribution in [-0.4, -0.2) is 11.9 Å². The van der Waals surface area contributed by atoms with Gasteiger partial charge in [-0.05, 0) is 44.4 Å². The van der Waals surface area contributed by atoms with Crippen molar-refractivity contribution in [2.24, 2.45) is 11.8 Å². The van der Waals surface area contributed by atoms with Crippen molar-refractivity contribution in [3.05, 3.63) is 0 Å². The van der Waals surface area contributed by atoms with E-state index >= 15 is 0 Å². The second kappa shape index (κ2) is 3.69. The Morgan fingerprint density at radius 3 is 2.23 bits per heavy atom. The van der Waals surface area contributed by atoms with E-state index in [4.69, 9.17) is 0 Å². The Balaban J connectivity index is 1.72. The molecular formula is C11H19NO. The maximum atomic E-state index is 11.4. The molecule has 13 heavy (non-hydrogen) atoms. The molecule has 0 aromatic rings. The normalized spacial score (nSPS) is 34.2. The van der Waals surface area contributed by atoms with Crippen molar-refractivity contribution in [1.82, 2.24) is 5.32 Å². The van der Waals surface area contributed by atoms with Gasteiger partial charge in [0.1, 0.15) is 0 Å². The molecule has 0 heterocycles. The first-order valence-electron chi connectivity index (χ1n) is 5.56. The van der Waals surface area contributed by atoms with Crippen LogP contribution < -0.4 is 5.32 Å². The molecule has 2 heteroatoms. The summed E-state index contributed by atoms with van der Waals surface area (Å²) in [6.07, 6.45) is 7.20. The third kappa shape index (κ3) is 2.45. The summed E-state index contributed by atoms with van der Waals surface area (Å²) < 4.78 is 0. The Labute approximate surface area is 80.1 Å². The highest BCUT2D eigenvalue weighted by atomic mass is 16.2. The number of carbonyl (C=O) groups excluding carboxylic acids is 1. The molecule has 0 aliphatic heterocycles. The molecule has 1 amide bonds. The third-order valence-corrected chi connectivity index (χ3v) is 3.31. The maximum absolute atomic E-state index is 11.4. The van der Waals surface area contributed by atoms with E-state index in [0.717, 1.165) is 18.8 Å². The smallest absolute Gasteiger partial charge is 0.223 e. The molecule has 2 rings (SSSR count). The zero-order valence-corrected chi connectivity index (χ0v) is 8.38. The van der Waals surface area contributed by atoms with Crippen molar-refractivity contribution in [3.8, 4) is 0 Å². The fourth-order valence-electron chi connectivity index (χ4n) is 2.07. The van der Waals surface area contributed by atoms with E-state index in [2.05, 4.69) is 12.2 Å². The molecule has 0 bridgehead atoms. The predicted octanol–water partition coefficient (Wildman–Crippen LogP) is 2.09. The molecule has 2 saturated carbocycles. The van der Waals surface area contributed by atoms with Gasteiger partial charge in [0.2, 0.25) is 5.91 Å². The minimum Gasteiger partial charge on any atom is -0.353 e. The van der Waals surface area contributed by atoms with Crippen LogP contribution in [0.25, 0.3) is 0 Å². The zero-order chi connectivity index (χ0) is 9.26. The number of amides is 1. The first-order chi connectivity index (χ1) is 6.25. The second-order valence-corrected chi connectivity index (χ2v) is 4.74. The molecular weight excluding hydrogens is 162 g/mol. The Morgan fingerprint density at radius 2 is 1.69 bits per heavy atom. The van der Waals surface area contributed by atoms with Crippen LogP contribution >= 0.6 is 0 Å². The van der Waals surface area contributed by atoms with Crippen LogP contribution in [0.5, 0.6) is 0 Å². The minimum absolute atomic E-state index is 0.319. The summed E-state index contributed by atoms with van der Waals surface area (Å²) in [7, 11) is 0. The SMILES string of the molecule is C[C@H]1CC[C@H](NC(=O)C2CC2)CC1. The first-order valence-corrected chi connectivity index (χ1v) is 5.56. The van der Waals surface area contributed by atoms with Crippen molar-refractivity contribution in [3.63, 3.8) is 0 Å². The highest BCUT2D eigenvalue weighted by Crippen LogP contribution is 2.30. The number of hydrogen-bond donors (Lipinski definition) is 1. The van der Waals surface area contributed by atoms with E-state index in [-0.39, 0.29) is 0 Å². The molecule has 74 valence electrons. The summed E-state index contributed by atoms with van der Waals surface area (Å²) in [6, 6.07) is 0.490. The van der Waals surface area contributed by atoms with Gasteiger partial charge in [-0.3, -0.25) is 4.79 Å². The van der Waals surface area contributed by atoms with Gasteiger partial charge >= 0.3 is 0 Å². The van der Waals surface area contributed by atoms with Crippen molar-refractivity contribution >= 4 is 5.91 Å². The Kier molecular flexibility index (Phi) is 2.56. The van der Waals surface area contributed by atoms with E-state index in [1.807, 2.05) is 0 Å².